The molecular weight excluding hydrogens is 426 g/mol. The molecule has 3 aromatic carbocycles. The van der Waals surface area contributed by atoms with Crippen molar-refractivity contribution in [3.63, 3.8) is 0 Å². The van der Waals surface area contributed by atoms with E-state index in [1.807, 2.05) is 41.0 Å². The van der Waals surface area contributed by atoms with Crippen molar-refractivity contribution in [3.8, 4) is 0 Å². The summed E-state index contributed by atoms with van der Waals surface area (Å²) in [6.07, 6.45) is 2.45. The molecule has 0 atom stereocenters. The van der Waals surface area contributed by atoms with Gasteiger partial charge in [0.05, 0.1) is 18.5 Å². The van der Waals surface area contributed by atoms with Crippen LogP contribution in [0, 0.1) is 11.6 Å². The predicted molar refractivity (Wildman–Crippen MR) is 123 cm³/mol. The van der Waals surface area contributed by atoms with Gasteiger partial charge in [0.25, 0.3) is 0 Å². The van der Waals surface area contributed by atoms with E-state index in [2.05, 4.69) is 29.2 Å². The van der Waals surface area contributed by atoms with Gasteiger partial charge in [0, 0.05) is 23.8 Å². The largest absolute Gasteiger partial charge is 0.390 e. The molecule has 0 saturated heterocycles. The Bertz CT molecular complexity index is 1110. The van der Waals surface area contributed by atoms with Crippen molar-refractivity contribution in [2.45, 2.75) is 36.4 Å². The minimum absolute atomic E-state index is 0.136. The van der Waals surface area contributed by atoms with Gasteiger partial charge in [-0.25, -0.2) is 13.8 Å². The number of hydrogen-bond donors (Lipinski definition) is 1. The Morgan fingerprint density at radius 1 is 0.875 bits per heavy atom. The second-order valence-electron chi connectivity index (χ2n) is 7.51. The summed E-state index contributed by atoms with van der Waals surface area (Å²) >= 11 is 1.34. The van der Waals surface area contributed by atoms with Crippen molar-refractivity contribution >= 4 is 11.8 Å². The zero-order valence-corrected chi connectivity index (χ0v) is 18.3. The van der Waals surface area contributed by atoms with Crippen LogP contribution < -0.4 is 0 Å². The van der Waals surface area contributed by atoms with Gasteiger partial charge in [-0.3, -0.25) is 0 Å². The minimum atomic E-state index is -0.851. The summed E-state index contributed by atoms with van der Waals surface area (Å²) in [5, 5.41) is 10.5. The van der Waals surface area contributed by atoms with E-state index >= 15 is 0 Å². The van der Waals surface area contributed by atoms with Crippen molar-refractivity contribution in [3.05, 3.63) is 119 Å². The van der Waals surface area contributed by atoms with Crippen molar-refractivity contribution < 1.29 is 13.9 Å². The average Bonchev–Trinajstić information content (AvgIpc) is 3.23. The van der Waals surface area contributed by atoms with E-state index in [4.69, 9.17) is 0 Å². The van der Waals surface area contributed by atoms with Crippen LogP contribution in [0.25, 0.3) is 0 Å². The summed E-state index contributed by atoms with van der Waals surface area (Å²) in [4.78, 5) is 4.43. The second-order valence-corrected chi connectivity index (χ2v) is 8.45. The first-order valence-corrected chi connectivity index (χ1v) is 11.5. The molecule has 0 spiro atoms. The molecule has 4 aromatic rings. The lowest BCUT2D eigenvalue weighted by Gasteiger charge is -2.20. The van der Waals surface area contributed by atoms with Crippen molar-refractivity contribution in [2.75, 3.05) is 0 Å². The first-order valence-electron chi connectivity index (χ1n) is 10.5. The Morgan fingerprint density at radius 3 is 2.16 bits per heavy atom. The molecule has 3 nitrogen and oxygen atoms in total. The number of benzene rings is 3. The summed E-state index contributed by atoms with van der Waals surface area (Å²) in [6.45, 7) is 0.502. The van der Waals surface area contributed by atoms with E-state index in [1.54, 1.807) is 12.3 Å². The van der Waals surface area contributed by atoms with Gasteiger partial charge >= 0.3 is 0 Å². The molecule has 0 amide bonds. The van der Waals surface area contributed by atoms with E-state index in [9.17, 15) is 13.9 Å². The van der Waals surface area contributed by atoms with Crippen LogP contribution >= 0.6 is 11.8 Å². The Morgan fingerprint density at radius 2 is 1.53 bits per heavy atom. The standard InChI is InChI=1S/C26H24F2N2OS/c27-24-13-7-12-21(25(24)28)18-32-26-29-16-22(17-31)30(26)15-14-23(19-8-3-1-4-9-19)20-10-5-2-6-11-20/h1-13,16,23,31H,14-15,17-18H2. The first-order chi connectivity index (χ1) is 15.7. The Kier molecular flexibility index (Phi) is 7.35. The number of imidazole rings is 1. The Hall–Kier alpha value is -2.96. The summed E-state index contributed by atoms with van der Waals surface area (Å²) in [7, 11) is 0. The van der Waals surface area contributed by atoms with Crippen LogP contribution in [-0.2, 0) is 18.9 Å². The van der Waals surface area contributed by atoms with Crippen LogP contribution in [0.3, 0.4) is 0 Å². The molecule has 32 heavy (non-hydrogen) atoms. The molecule has 0 saturated carbocycles. The van der Waals surface area contributed by atoms with Gasteiger partial charge in [-0.2, -0.15) is 0 Å². The molecule has 0 aliphatic carbocycles. The smallest absolute Gasteiger partial charge is 0.168 e. The highest BCUT2D eigenvalue weighted by Crippen LogP contribution is 2.31. The number of halogens is 2. The molecule has 0 unspecified atom stereocenters. The van der Waals surface area contributed by atoms with Crippen LogP contribution in [0.4, 0.5) is 8.78 Å². The van der Waals surface area contributed by atoms with Crippen LogP contribution in [-0.4, -0.2) is 14.7 Å². The van der Waals surface area contributed by atoms with Gasteiger partial charge in [-0.15, -0.1) is 0 Å². The molecule has 164 valence electrons. The summed E-state index contributed by atoms with van der Waals surface area (Å²) in [6, 6.07) is 24.9. The molecule has 0 radical (unpaired) electrons. The fraction of sp³-hybridized carbons (Fsp3) is 0.192. The van der Waals surface area contributed by atoms with Crippen LogP contribution in [0.5, 0.6) is 0 Å². The Balaban J connectivity index is 1.55. The van der Waals surface area contributed by atoms with Crippen molar-refractivity contribution in [1.29, 1.82) is 0 Å². The second kappa shape index (κ2) is 10.6. The maximum absolute atomic E-state index is 14.1. The van der Waals surface area contributed by atoms with E-state index < -0.39 is 11.6 Å². The molecule has 1 N–H and O–H groups in total. The maximum Gasteiger partial charge on any atom is 0.168 e. The van der Waals surface area contributed by atoms with E-state index in [0.29, 0.717) is 23.0 Å². The summed E-state index contributed by atoms with van der Waals surface area (Å²) in [5.41, 5.74) is 3.44. The van der Waals surface area contributed by atoms with Gasteiger partial charge in [0.15, 0.2) is 16.8 Å². The average molecular weight is 451 g/mol. The van der Waals surface area contributed by atoms with Crippen molar-refractivity contribution in [2.24, 2.45) is 0 Å². The normalized spacial score (nSPS) is 11.2. The van der Waals surface area contributed by atoms with Gasteiger partial charge in [0.2, 0.25) is 0 Å². The number of rotatable bonds is 9. The molecule has 4 rings (SSSR count). The van der Waals surface area contributed by atoms with Crippen LogP contribution in [0.2, 0.25) is 0 Å². The molecular formula is C26H24F2N2OS. The highest BCUT2D eigenvalue weighted by molar-refractivity contribution is 7.98. The number of aromatic nitrogens is 2. The van der Waals surface area contributed by atoms with Crippen LogP contribution in [0.1, 0.15) is 34.7 Å². The third-order valence-corrected chi connectivity index (χ3v) is 6.54. The quantitative estimate of drug-likeness (QED) is 0.310. The fourth-order valence-electron chi connectivity index (χ4n) is 3.83. The molecule has 0 aliphatic heterocycles. The molecule has 1 aromatic heterocycles. The zero-order chi connectivity index (χ0) is 22.3. The predicted octanol–water partition coefficient (Wildman–Crippen LogP) is 6.17. The molecule has 0 fully saturated rings. The summed E-state index contributed by atoms with van der Waals surface area (Å²) < 4.78 is 29.6. The zero-order valence-electron chi connectivity index (χ0n) is 17.5. The lowest BCUT2D eigenvalue weighted by molar-refractivity contribution is 0.268. The van der Waals surface area contributed by atoms with E-state index in [0.717, 1.165) is 12.5 Å². The third-order valence-electron chi connectivity index (χ3n) is 5.50. The van der Waals surface area contributed by atoms with Gasteiger partial charge < -0.3 is 9.67 Å². The maximum atomic E-state index is 14.1. The third kappa shape index (κ3) is 5.09. The fourth-order valence-corrected chi connectivity index (χ4v) is 4.83. The van der Waals surface area contributed by atoms with Gasteiger partial charge in [-0.1, -0.05) is 84.6 Å². The van der Waals surface area contributed by atoms with Crippen molar-refractivity contribution in [1.82, 2.24) is 9.55 Å². The molecule has 0 bridgehead atoms. The number of aliphatic hydroxyl groups is 1. The molecule has 1 heterocycles. The molecule has 0 aliphatic rings. The SMILES string of the molecule is OCc1cnc(SCc2cccc(F)c2F)n1CCC(c1ccccc1)c1ccccc1. The highest BCUT2D eigenvalue weighted by atomic mass is 32.2. The van der Waals surface area contributed by atoms with Gasteiger partial charge in [0.1, 0.15) is 0 Å². The van der Waals surface area contributed by atoms with E-state index in [1.165, 1.54) is 29.0 Å². The lowest BCUT2D eigenvalue weighted by atomic mass is 9.88. The number of nitrogens with zero attached hydrogens (tertiary/aromatic N) is 2. The lowest BCUT2D eigenvalue weighted by Crippen LogP contribution is -2.10. The summed E-state index contributed by atoms with van der Waals surface area (Å²) in [5.74, 6) is -1.23. The molecule has 6 heteroatoms. The minimum Gasteiger partial charge on any atom is -0.390 e. The topological polar surface area (TPSA) is 38.1 Å². The number of aliphatic hydroxyl groups excluding tert-OH is 1. The number of thioether (sulfide) groups is 1. The van der Waals surface area contributed by atoms with Crippen LogP contribution in [0.15, 0.2) is 90.2 Å². The Labute approximate surface area is 190 Å². The van der Waals surface area contributed by atoms with Gasteiger partial charge in [-0.05, 0) is 23.6 Å². The number of hydrogen-bond acceptors (Lipinski definition) is 3. The van der Waals surface area contributed by atoms with E-state index in [-0.39, 0.29) is 18.3 Å². The first kappa shape index (κ1) is 22.2. The monoisotopic (exact) mass is 450 g/mol. The highest BCUT2D eigenvalue weighted by Gasteiger charge is 2.17.